The van der Waals surface area contributed by atoms with Crippen molar-refractivity contribution in [3.8, 4) is 18.2 Å². The highest BCUT2D eigenvalue weighted by molar-refractivity contribution is 5.65. The molecule has 0 aromatic carbocycles. The molecule has 1 atom stereocenters. The van der Waals surface area contributed by atoms with Crippen LogP contribution in [0.3, 0.4) is 0 Å². The molecule has 0 spiro atoms. The lowest BCUT2D eigenvalue weighted by atomic mass is 10.1. The topological polar surface area (TPSA) is 116 Å². The fraction of sp³-hybridized carbons (Fsp3) is 0.296. The SMILES string of the molecule is [C-]#[N+]/C(C#N)=C/C(=C=N)/C=C/C=C1\CCC(/C=C/C=C(\C#N)CC(C#N)[N+]#[C-])=C1N1CCOCC1. The van der Waals surface area contributed by atoms with Gasteiger partial charge < -0.3 is 9.64 Å². The maximum Gasteiger partial charge on any atom is 0.311 e. The van der Waals surface area contributed by atoms with Crippen LogP contribution in [0.2, 0.25) is 0 Å². The van der Waals surface area contributed by atoms with Crippen molar-refractivity contribution in [1.29, 1.82) is 21.2 Å². The molecule has 1 heterocycles. The van der Waals surface area contributed by atoms with Crippen LogP contribution in [0.15, 0.2) is 76.2 Å². The Balaban J connectivity index is 2.34. The summed E-state index contributed by atoms with van der Waals surface area (Å²) in [6.07, 6.45) is 13.8. The Morgan fingerprint density at radius 3 is 2.51 bits per heavy atom. The van der Waals surface area contributed by atoms with Crippen LogP contribution in [0.5, 0.6) is 0 Å². The first-order valence-corrected chi connectivity index (χ1v) is 10.9. The average molecular weight is 462 g/mol. The Hall–Kier alpha value is -4.90. The van der Waals surface area contributed by atoms with Crippen LogP contribution in [-0.4, -0.2) is 43.1 Å². The van der Waals surface area contributed by atoms with Gasteiger partial charge in [-0.2, -0.15) is 10.5 Å². The van der Waals surface area contributed by atoms with E-state index >= 15 is 0 Å². The van der Waals surface area contributed by atoms with Crippen LogP contribution in [-0.2, 0) is 4.74 Å². The molecule has 1 aliphatic carbocycles. The van der Waals surface area contributed by atoms with Crippen LogP contribution >= 0.6 is 0 Å². The molecule has 1 unspecified atom stereocenters. The van der Waals surface area contributed by atoms with Crippen molar-refractivity contribution in [1.82, 2.24) is 4.90 Å². The zero-order chi connectivity index (χ0) is 25.5. The molecular weight excluding hydrogens is 438 g/mol. The van der Waals surface area contributed by atoms with E-state index in [1.54, 1.807) is 30.4 Å². The smallest absolute Gasteiger partial charge is 0.311 e. The van der Waals surface area contributed by atoms with Crippen molar-refractivity contribution >= 4 is 5.87 Å². The molecule has 0 aromatic rings. The number of nitriles is 3. The van der Waals surface area contributed by atoms with Gasteiger partial charge in [-0.15, -0.1) is 0 Å². The Kier molecular flexibility index (Phi) is 10.8. The normalized spacial score (nSPS) is 18.5. The maximum absolute atomic E-state index is 9.33. The molecule has 1 aliphatic heterocycles. The van der Waals surface area contributed by atoms with Gasteiger partial charge in [0.1, 0.15) is 0 Å². The van der Waals surface area contributed by atoms with Crippen molar-refractivity contribution in [3.05, 3.63) is 99.1 Å². The summed E-state index contributed by atoms with van der Waals surface area (Å²) in [5.74, 6) is 2.23. The van der Waals surface area contributed by atoms with E-state index in [4.69, 9.17) is 33.8 Å². The number of nitrogens with zero attached hydrogens (tertiary/aromatic N) is 6. The molecule has 0 aromatic heterocycles. The lowest BCUT2D eigenvalue weighted by molar-refractivity contribution is 0.0547. The predicted octanol–water partition coefficient (Wildman–Crippen LogP) is 4.56. The third-order valence-corrected chi connectivity index (χ3v) is 5.30. The first kappa shape index (κ1) is 26.4. The van der Waals surface area contributed by atoms with Crippen molar-refractivity contribution in [2.45, 2.75) is 25.3 Å². The maximum atomic E-state index is 9.33. The first-order chi connectivity index (χ1) is 17.1. The van der Waals surface area contributed by atoms with Gasteiger partial charge in [-0.25, -0.2) is 16.7 Å². The largest absolute Gasteiger partial charge is 0.378 e. The van der Waals surface area contributed by atoms with Gasteiger partial charge in [0.15, 0.2) is 6.07 Å². The van der Waals surface area contributed by atoms with Crippen LogP contribution in [0, 0.1) is 52.5 Å². The third kappa shape index (κ3) is 7.87. The van der Waals surface area contributed by atoms with Gasteiger partial charge in [0.25, 0.3) is 5.70 Å². The second-order valence-electron chi connectivity index (χ2n) is 7.50. The summed E-state index contributed by atoms with van der Waals surface area (Å²) in [7, 11) is 0. The summed E-state index contributed by atoms with van der Waals surface area (Å²) < 4.78 is 5.50. The molecule has 2 rings (SSSR count). The molecule has 0 amide bonds. The quantitative estimate of drug-likeness (QED) is 0.246. The number of morpholine rings is 1. The van der Waals surface area contributed by atoms with E-state index < -0.39 is 6.04 Å². The van der Waals surface area contributed by atoms with Crippen LogP contribution in [0.4, 0.5) is 0 Å². The third-order valence-electron chi connectivity index (χ3n) is 5.30. The van der Waals surface area contributed by atoms with Gasteiger partial charge in [-0.05, 0) is 48.1 Å². The highest BCUT2D eigenvalue weighted by Crippen LogP contribution is 2.35. The summed E-state index contributed by atoms with van der Waals surface area (Å²) in [6, 6.07) is 4.86. The minimum atomic E-state index is -0.862. The zero-order valence-corrected chi connectivity index (χ0v) is 19.2. The van der Waals surface area contributed by atoms with Gasteiger partial charge in [0, 0.05) is 29.9 Å². The number of rotatable bonds is 8. The van der Waals surface area contributed by atoms with Gasteiger partial charge in [0.2, 0.25) is 0 Å². The van der Waals surface area contributed by atoms with Crippen molar-refractivity contribution in [2.75, 3.05) is 26.3 Å². The molecule has 8 nitrogen and oxygen atoms in total. The van der Waals surface area contributed by atoms with E-state index in [-0.39, 0.29) is 12.1 Å². The highest BCUT2D eigenvalue weighted by atomic mass is 16.5. The van der Waals surface area contributed by atoms with E-state index in [0.717, 1.165) is 42.8 Å². The second kappa shape index (κ2) is 14.3. The molecule has 0 bridgehead atoms. The fourth-order valence-electron chi connectivity index (χ4n) is 3.62. The van der Waals surface area contributed by atoms with Crippen molar-refractivity contribution < 1.29 is 4.74 Å². The Labute approximate surface area is 205 Å². The number of allylic oxidation sites excluding steroid dienone is 11. The van der Waals surface area contributed by atoms with E-state index in [1.807, 2.05) is 18.2 Å². The molecular formula is C27H23N7O. The minimum absolute atomic E-state index is 0.102. The van der Waals surface area contributed by atoms with E-state index in [2.05, 4.69) is 26.5 Å². The molecule has 2 aliphatic rings. The van der Waals surface area contributed by atoms with Gasteiger partial charge >= 0.3 is 6.04 Å². The molecule has 1 N–H and O–H groups in total. The van der Waals surface area contributed by atoms with Gasteiger partial charge in [-0.1, -0.05) is 24.3 Å². The molecule has 1 fully saturated rings. The Morgan fingerprint density at radius 1 is 1.14 bits per heavy atom. The number of ether oxygens (including phenoxy) is 1. The molecule has 1 saturated heterocycles. The first-order valence-electron chi connectivity index (χ1n) is 10.9. The molecule has 0 radical (unpaired) electrons. The number of nitrogens with one attached hydrogen (secondary N) is 1. The average Bonchev–Trinajstić information content (AvgIpc) is 3.31. The van der Waals surface area contributed by atoms with Crippen molar-refractivity contribution in [2.24, 2.45) is 0 Å². The minimum Gasteiger partial charge on any atom is -0.378 e. The van der Waals surface area contributed by atoms with E-state index in [0.29, 0.717) is 24.4 Å². The summed E-state index contributed by atoms with van der Waals surface area (Å²) in [4.78, 5) is 8.59. The number of hydrogen-bond donors (Lipinski definition) is 1. The van der Waals surface area contributed by atoms with Crippen LogP contribution in [0.25, 0.3) is 9.69 Å². The highest BCUT2D eigenvalue weighted by Gasteiger charge is 2.24. The molecule has 35 heavy (non-hydrogen) atoms. The predicted molar refractivity (Wildman–Crippen MR) is 131 cm³/mol. The van der Waals surface area contributed by atoms with Gasteiger partial charge in [-0.3, -0.25) is 10.3 Å². The fourth-order valence-corrected chi connectivity index (χ4v) is 3.62. The second-order valence-corrected chi connectivity index (χ2v) is 7.50. The zero-order valence-electron chi connectivity index (χ0n) is 19.2. The summed E-state index contributed by atoms with van der Waals surface area (Å²) in [5.41, 5.74) is 3.93. The van der Waals surface area contributed by atoms with Crippen LogP contribution < -0.4 is 0 Å². The van der Waals surface area contributed by atoms with E-state index in [1.165, 1.54) is 6.08 Å². The standard InChI is InChI=1S/C27H23N7O/c1-32-25(19-30)15-21(17-28)5-3-7-23-9-10-24(27(23)34-11-13-35-14-12-34)8-4-6-22(18-29)16-26(20-31)33-2/h3-8,15,26,28H,9-14,16H2/b5-3+,8-4+,22-6-,23-7+,25-15+. The molecule has 0 saturated carbocycles. The van der Waals surface area contributed by atoms with E-state index in [9.17, 15) is 5.26 Å². The van der Waals surface area contributed by atoms with Gasteiger partial charge in [0.05, 0.1) is 38.3 Å². The lowest BCUT2D eigenvalue weighted by Gasteiger charge is -2.31. The monoisotopic (exact) mass is 461 g/mol. The Bertz CT molecular complexity index is 1230. The number of hydrogen-bond acceptors (Lipinski definition) is 6. The molecule has 172 valence electrons. The lowest BCUT2D eigenvalue weighted by Crippen LogP contribution is -2.36. The summed E-state index contributed by atoms with van der Waals surface area (Å²) in [5, 5.41) is 34.6. The van der Waals surface area contributed by atoms with Crippen molar-refractivity contribution in [3.63, 3.8) is 0 Å². The molecule has 8 heteroatoms. The summed E-state index contributed by atoms with van der Waals surface area (Å²) in [6.45, 7) is 16.8. The van der Waals surface area contributed by atoms with Crippen LogP contribution in [0.1, 0.15) is 19.3 Å². The summed E-state index contributed by atoms with van der Waals surface area (Å²) >= 11 is 0. The Morgan fingerprint density at radius 2 is 1.91 bits per heavy atom.